The Morgan fingerprint density at radius 2 is 2.08 bits per heavy atom. The molecule has 0 amide bonds. The van der Waals surface area contributed by atoms with Gasteiger partial charge >= 0.3 is 0 Å². The molecule has 1 saturated heterocycles. The molecule has 0 aliphatic carbocycles. The van der Waals surface area contributed by atoms with Crippen molar-refractivity contribution >= 4 is 11.8 Å². The van der Waals surface area contributed by atoms with Gasteiger partial charge < -0.3 is 5.11 Å². The Bertz CT molecular complexity index is 256. The third kappa shape index (κ3) is 1.35. The number of benzene rings is 1. The fourth-order valence-corrected chi connectivity index (χ4v) is 2.33. The molecule has 0 saturated carbocycles. The summed E-state index contributed by atoms with van der Waals surface area (Å²) >= 11 is 1.54. The zero-order valence-corrected chi connectivity index (χ0v) is 7.47. The number of nitrogens with one attached hydrogen (secondary N) is 1. The molecule has 2 rings (SSSR count). The normalized spacial score (nSPS) is 29.1. The van der Waals surface area contributed by atoms with Gasteiger partial charge in [0.2, 0.25) is 0 Å². The second kappa shape index (κ2) is 3.09. The summed E-state index contributed by atoms with van der Waals surface area (Å²) in [7, 11) is 0. The van der Waals surface area contributed by atoms with Gasteiger partial charge in [0.15, 0.2) is 5.06 Å². The summed E-state index contributed by atoms with van der Waals surface area (Å²) in [6.45, 7) is 0.871. The highest BCUT2D eigenvalue weighted by molar-refractivity contribution is 8.00. The van der Waals surface area contributed by atoms with Crippen LogP contribution in [0.15, 0.2) is 30.3 Å². The molecule has 1 unspecified atom stereocenters. The SMILES string of the molecule is OC1(c2ccccc2)NCCS1. The number of rotatable bonds is 1. The van der Waals surface area contributed by atoms with Gasteiger partial charge in [0.05, 0.1) is 0 Å². The van der Waals surface area contributed by atoms with Crippen molar-refractivity contribution in [2.45, 2.75) is 5.06 Å². The van der Waals surface area contributed by atoms with Gasteiger partial charge in [-0.25, -0.2) is 0 Å². The molecule has 12 heavy (non-hydrogen) atoms. The molecular formula is C9H11NOS. The first-order valence-corrected chi connectivity index (χ1v) is 4.97. The smallest absolute Gasteiger partial charge is 0.191 e. The van der Waals surface area contributed by atoms with Gasteiger partial charge in [-0.05, 0) is 0 Å². The summed E-state index contributed by atoms with van der Waals surface area (Å²) in [5, 5.41) is 12.2. The minimum absolute atomic E-state index is 0.846. The van der Waals surface area contributed by atoms with Crippen LogP contribution in [0.2, 0.25) is 0 Å². The first-order valence-electron chi connectivity index (χ1n) is 3.98. The van der Waals surface area contributed by atoms with Gasteiger partial charge in [0.1, 0.15) is 0 Å². The van der Waals surface area contributed by atoms with E-state index in [0.29, 0.717) is 0 Å². The molecule has 0 spiro atoms. The minimum atomic E-state index is -0.846. The lowest BCUT2D eigenvalue weighted by atomic mass is 10.2. The first kappa shape index (κ1) is 8.10. The summed E-state index contributed by atoms with van der Waals surface area (Å²) in [5.74, 6) is 0.964. The summed E-state index contributed by atoms with van der Waals surface area (Å²) < 4.78 is 0. The standard InChI is InChI=1S/C9H11NOS/c11-9(10-6-7-12-9)8-4-2-1-3-5-8/h1-5,10-11H,6-7H2. The summed E-state index contributed by atoms with van der Waals surface area (Å²) in [6.07, 6.45) is 0. The van der Waals surface area contributed by atoms with Gasteiger partial charge in [-0.15, -0.1) is 11.8 Å². The highest BCUT2D eigenvalue weighted by Gasteiger charge is 2.32. The maximum Gasteiger partial charge on any atom is 0.191 e. The van der Waals surface area contributed by atoms with Crippen LogP contribution in [0.1, 0.15) is 5.56 Å². The van der Waals surface area contributed by atoms with Crippen LogP contribution >= 0.6 is 11.8 Å². The van der Waals surface area contributed by atoms with Gasteiger partial charge in [-0.1, -0.05) is 30.3 Å². The minimum Gasteiger partial charge on any atom is -0.363 e. The lowest BCUT2D eigenvalue weighted by molar-refractivity contribution is 0.110. The average Bonchev–Trinajstić information content (AvgIpc) is 2.55. The Kier molecular flexibility index (Phi) is 2.09. The second-order valence-corrected chi connectivity index (χ2v) is 4.07. The van der Waals surface area contributed by atoms with Crippen molar-refractivity contribution in [3.05, 3.63) is 35.9 Å². The highest BCUT2D eigenvalue weighted by Crippen LogP contribution is 2.34. The third-order valence-electron chi connectivity index (χ3n) is 1.94. The number of thioether (sulfide) groups is 1. The topological polar surface area (TPSA) is 32.3 Å². The van der Waals surface area contributed by atoms with Crippen LogP contribution in [0.5, 0.6) is 0 Å². The molecule has 1 aliphatic heterocycles. The zero-order valence-electron chi connectivity index (χ0n) is 6.66. The van der Waals surface area contributed by atoms with Crippen molar-refractivity contribution in [3.63, 3.8) is 0 Å². The predicted molar refractivity (Wildman–Crippen MR) is 50.8 cm³/mol. The molecule has 0 aromatic heterocycles. The van der Waals surface area contributed by atoms with E-state index in [9.17, 15) is 5.11 Å². The van der Waals surface area contributed by atoms with Gasteiger partial charge in [0.25, 0.3) is 0 Å². The van der Waals surface area contributed by atoms with E-state index < -0.39 is 5.06 Å². The Labute approximate surface area is 76.0 Å². The number of hydrogen-bond acceptors (Lipinski definition) is 3. The van der Waals surface area contributed by atoms with E-state index in [2.05, 4.69) is 5.32 Å². The molecule has 2 nitrogen and oxygen atoms in total. The van der Waals surface area contributed by atoms with Gasteiger partial charge in [-0.2, -0.15) is 0 Å². The maximum absolute atomic E-state index is 10.0. The van der Waals surface area contributed by atoms with Crippen LogP contribution in [0, 0.1) is 0 Å². The Morgan fingerprint density at radius 1 is 1.33 bits per heavy atom. The van der Waals surface area contributed by atoms with Crippen molar-refractivity contribution in [1.29, 1.82) is 0 Å². The van der Waals surface area contributed by atoms with Crippen molar-refractivity contribution in [1.82, 2.24) is 5.32 Å². The highest BCUT2D eigenvalue weighted by atomic mass is 32.2. The van der Waals surface area contributed by atoms with Crippen molar-refractivity contribution in [2.75, 3.05) is 12.3 Å². The van der Waals surface area contributed by atoms with Crippen LogP contribution in [0.4, 0.5) is 0 Å². The molecule has 3 heteroatoms. The van der Waals surface area contributed by atoms with E-state index in [0.717, 1.165) is 17.9 Å². The molecule has 1 fully saturated rings. The van der Waals surface area contributed by atoms with E-state index in [1.807, 2.05) is 30.3 Å². The maximum atomic E-state index is 10.0. The Balaban J connectivity index is 2.29. The third-order valence-corrected chi connectivity index (χ3v) is 3.15. The lowest BCUT2D eigenvalue weighted by Gasteiger charge is -2.21. The zero-order chi connectivity index (χ0) is 8.44. The van der Waals surface area contributed by atoms with E-state index >= 15 is 0 Å². The van der Waals surface area contributed by atoms with Gasteiger partial charge in [-0.3, -0.25) is 5.32 Å². The predicted octanol–water partition coefficient (Wildman–Crippen LogP) is 1.13. The summed E-state index contributed by atoms with van der Waals surface area (Å²) in [6, 6.07) is 9.70. The molecule has 1 aromatic carbocycles. The molecule has 1 heterocycles. The van der Waals surface area contributed by atoms with Crippen molar-refractivity contribution in [3.8, 4) is 0 Å². The van der Waals surface area contributed by atoms with E-state index in [-0.39, 0.29) is 0 Å². The first-order chi connectivity index (χ1) is 5.81. The molecule has 1 aromatic rings. The number of hydrogen-bond donors (Lipinski definition) is 2. The van der Waals surface area contributed by atoms with Crippen LogP contribution in [-0.4, -0.2) is 17.4 Å². The summed E-state index contributed by atoms with van der Waals surface area (Å²) in [5.41, 5.74) is 0.938. The van der Waals surface area contributed by atoms with Crippen LogP contribution in [-0.2, 0) is 5.06 Å². The van der Waals surface area contributed by atoms with Crippen LogP contribution < -0.4 is 5.32 Å². The van der Waals surface area contributed by atoms with E-state index in [4.69, 9.17) is 0 Å². The van der Waals surface area contributed by atoms with Crippen molar-refractivity contribution in [2.24, 2.45) is 0 Å². The van der Waals surface area contributed by atoms with Gasteiger partial charge in [0, 0.05) is 17.9 Å². The second-order valence-electron chi connectivity index (χ2n) is 2.79. The monoisotopic (exact) mass is 181 g/mol. The Morgan fingerprint density at radius 3 is 2.67 bits per heavy atom. The number of aliphatic hydroxyl groups is 1. The lowest BCUT2D eigenvalue weighted by Crippen LogP contribution is -2.33. The fraction of sp³-hybridized carbons (Fsp3) is 0.333. The molecule has 0 radical (unpaired) electrons. The fourth-order valence-electron chi connectivity index (χ4n) is 1.32. The molecule has 2 N–H and O–H groups in total. The molecule has 1 aliphatic rings. The molecule has 1 atom stereocenters. The van der Waals surface area contributed by atoms with E-state index in [1.54, 1.807) is 11.8 Å². The molecule has 64 valence electrons. The van der Waals surface area contributed by atoms with E-state index in [1.165, 1.54) is 0 Å². The van der Waals surface area contributed by atoms with Crippen LogP contribution in [0.3, 0.4) is 0 Å². The quantitative estimate of drug-likeness (QED) is 0.681. The molecular weight excluding hydrogens is 170 g/mol. The largest absolute Gasteiger partial charge is 0.363 e. The van der Waals surface area contributed by atoms with Crippen molar-refractivity contribution < 1.29 is 5.11 Å². The van der Waals surface area contributed by atoms with Crippen LogP contribution in [0.25, 0.3) is 0 Å². The molecule has 0 bridgehead atoms. The summed E-state index contributed by atoms with van der Waals surface area (Å²) in [4.78, 5) is 0. The Hall–Kier alpha value is -0.510. The average molecular weight is 181 g/mol.